The maximum absolute atomic E-state index is 2.60. The quantitative estimate of drug-likeness (QED) is 0.616. The van der Waals surface area contributed by atoms with E-state index in [2.05, 4.69) is 33.9 Å². The summed E-state index contributed by atoms with van der Waals surface area (Å²) in [6.45, 7) is 2.48. The van der Waals surface area contributed by atoms with Gasteiger partial charge in [0, 0.05) is 0 Å². The molecule has 0 saturated heterocycles. The fraction of sp³-hybridized carbons (Fsp3) is 0.714. The third-order valence-corrected chi connectivity index (χ3v) is 10.1. The Labute approximate surface area is 98.7 Å². The molecule has 0 aromatic heterocycles. The Kier molecular flexibility index (Phi) is 3.09. The molecular formula is C14H24Sn. The van der Waals surface area contributed by atoms with E-state index in [1.54, 1.807) is 9.16 Å². The van der Waals surface area contributed by atoms with Crippen molar-refractivity contribution in [3.05, 3.63) is 21.3 Å². The van der Waals surface area contributed by atoms with Crippen molar-refractivity contribution >= 4 is 18.4 Å². The summed E-state index contributed by atoms with van der Waals surface area (Å²) in [7, 11) is 0. The van der Waals surface area contributed by atoms with Crippen molar-refractivity contribution in [3.63, 3.8) is 0 Å². The molecule has 0 aliphatic heterocycles. The van der Waals surface area contributed by atoms with Crippen molar-refractivity contribution in [1.29, 1.82) is 0 Å². The second-order valence-corrected chi connectivity index (χ2v) is 21.0. The normalized spacial score (nSPS) is 31.7. The van der Waals surface area contributed by atoms with Gasteiger partial charge in [0.25, 0.3) is 0 Å². The molecule has 0 bridgehead atoms. The molecule has 1 saturated carbocycles. The van der Waals surface area contributed by atoms with E-state index in [-0.39, 0.29) is 0 Å². The van der Waals surface area contributed by atoms with Crippen molar-refractivity contribution in [2.75, 3.05) is 0 Å². The van der Waals surface area contributed by atoms with Gasteiger partial charge in [-0.15, -0.1) is 0 Å². The van der Waals surface area contributed by atoms with Gasteiger partial charge in [0.15, 0.2) is 0 Å². The summed E-state index contributed by atoms with van der Waals surface area (Å²) in [5.74, 6) is 0. The first-order chi connectivity index (χ1) is 6.92. The molecule has 0 spiro atoms. The van der Waals surface area contributed by atoms with Gasteiger partial charge in [-0.05, 0) is 0 Å². The summed E-state index contributed by atoms with van der Waals surface area (Å²) in [6, 6.07) is 0. The molecule has 0 nitrogen and oxygen atoms in total. The molecule has 2 rings (SSSR count). The molecule has 0 N–H and O–H groups in total. The zero-order valence-electron chi connectivity index (χ0n) is 10.7. The first-order valence-corrected chi connectivity index (χ1v) is 16.3. The molecule has 1 unspecified atom stereocenters. The summed E-state index contributed by atoms with van der Waals surface area (Å²) >= 11 is -1.80. The molecular weight excluding hydrogens is 287 g/mol. The van der Waals surface area contributed by atoms with Gasteiger partial charge in [-0.3, -0.25) is 0 Å². The molecule has 1 atom stereocenters. The van der Waals surface area contributed by atoms with E-state index < -0.39 is 18.4 Å². The van der Waals surface area contributed by atoms with Crippen molar-refractivity contribution in [1.82, 2.24) is 0 Å². The average Bonchev–Trinajstić information content (AvgIpc) is 2.14. The molecule has 1 fully saturated rings. The Morgan fingerprint density at radius 1 is 1.20 bits per heavy atom. The van der Waals surface area contributed by atoms with Crippen LogP contribution in [-0.2, 0) is 0 Å². The fourth-order valence-corrected chi connectivity index (χ4v) is 6.65. The summed E-state index contributed by atoms with van der Waals surface area (Å²) in [6.07, 6.45) is 12.1. The minimum atomic E-state index is -1.80. The Bertz CT molecular complexity index is 317. The van der Waals surface area contributed by atoms with Crippen LogP contribution >= 0.6 is 0 Å². The Morgan fingerprint density at radius 3 is 2.60 bits per heavy atom. The minimum absolute atomic E-state index is 0.541. The standard InChI is InChI=1S/C11H15.3CH3.Sn/c1-11-8-4-2-6-10(11)7-3-5-9-11;;;;/h5,7H,2,4,6,8-9H2,1H3;3*1H3;. The monoisotopic (exact) mass is 312 g/mol. The molecule has 2 aliphatic rings. The Balaban J connectivity index is 2.28. The molecule has 0 aromatic carbocycles. The summed E-state index contributed by atoms with van der Waals surface area (Å²) in [5.41, 5.74) is 2.32. The van der Waals surface area contributed by atoms with Crippen molar-refractivity contribution < 1.29 is 0 Å². The predicted octanol–water partition coefficient (Wildman–Crippen LogP) is 4.70. The number of allylic oxidation sites excluding steroid dienone is 4. The molecule has 15 heavy (non-hydrogen) atoms. The number of rotatable bonds is 1. The van der Waals surface area contributed by atoms with E-state index in [4.69, 9.17) is 0 Å². The summed E-state index contributed by atoms with van der Waals surface area (Å²) in [4.78, 5) is 7.59. The fourth-order valence-electron chi connectivity index (χ4n) is 2.88. The van der Waals surface area contributed by atoms with Crippen LogP contribution < -0.4 is 0 Å². The second kappa shape index (κ2) is 3.94. The van der Waals surface area contributed by atoms with E-state index in [0.717, 1.165) is 0 Å². The van der Waals surface area contributed by atoms with Gasteiger partial charge in [-0.1, -0.05) is 0 Å². The van der Waals surface area contributed by atoms with Crippen molar-refractivity contribution in [3.8, 4) is 0 Å². The van der Waals surface area contributed by atoms with Crippen LogP contribution in [0.4, 0.5) is 0 Å². The molecule has 0 heterocycles. The third-order valence-electron chi connectivity index (χ3n) is 4.17. The molecule has 84 valence electrons. The first kappa shape index (κ1) is 11.8. The van der Waals surface area contributed by atoms with Gasteiger partial charge in [0.05, 0.1) is 0 Å². The maximum atomic E-state index is 2.60. The van der Waals surface area contributed by atoms with Gasteiger partial charge >= 0.3 is 99.0 Å². The molecule has 0 amide bonds. The van der Waals surface area contributed by atoms with E-state index in [0.29, 0.717) is 5.41 Å². The van der Waals surface area contributed by atoms with E-state index >= 15 is 0 Å². The SMILES string of the molecule is CC12CC=[C]([Sn]([CH3])([CH3])[CH3])C=C1CCCC2. The summed E-state index contributed by atoms with van der Waals surface area (Å²) < 4.78 is 1.76. The van der Waals surface area contributed by atoms with Crippen LogP contribution in [0.2, 0.25) is 14.8 Å². The van der Waals surface area contributed by atoms with E-state index in [1.165, 1.54) is 32.1 Å². The van der Waals surface area contributed by atoms with Crippen LogP contribution in [0.5, 0.6) is 0 Å². The zero-order valence-corrected chi connectivity index (χ0v) is 13.5. The molecule has 0 aromatic rings. The zero-order chi connectivity index (χ0) is 11.1. The average molecular weight is 311 g/mol. The van der Waals surface area contributed by atoms with E-state index in [9.17, 15) is 0 Å². The second-order valence-electron chi connectivity index (χ2n) is 6.55. The van der Waals surface area contributed by atoms with Crippen LogP contribution in [0.3, 0.4) is 0 Å². The van der Waals surface area contributed by atoms with Gasteiger partial charge in [-0.25, -0.2) is 0 Å². The number of hydrogen-bond donors (Lipinski definition) is 0. The van der Waals surface area contributed by atoms with Crippen LogP contribution in [0.15, 0.2) is 21.3 Å². The van der Waals surface area contributed by atoms with E-state index in [1.807, 2.05) is 0 Å². The molecule has 1 heteroatoms. The van der Waals surface area contributed by atoms with Crippen molar-refractivity contribution in [2.45, 2.75) is 53.8 Å². The number of fused-ring (bicyclic) bond motifs is 1. The van der Waals surface area contributed by atoms with Crippen LogP contribution in [0, 0.1) is 5.41 Å². The van der Waals surface area contributed by atoms with Gasteiger partial charge in [0.2, 0.25) is 0 Å². The van der Waals surface area contributed by atoms with Crippen LogP contribution in [-0.4, -0.2) is 18.4 Å². The van der Waals surface area contributed by atoms with Gasteiger partial charge in [0.1, 0.15) is 0 Å². The van der Waals surface area contributed by atoms with Crippen molar-refractivity contribution in [2.24, 2.45) is 5.41 Å². The molecule has 2 aliphatic carbocycles. The third kappa shape index (κ3) is 2.35. The van der Waals surface area contributed by atoms with Crippen LogP contribution in [0.25, 0.3) is 0 Å². The topological polar surface area (TPSA) is 0 Å². The summed E-state index contributed by atoms with van der Waals surface area (Å²) in [5, 5.41) is 0. The first-order valence-electron chi connectivity index (χ1n) is 6.33. The Hall–Kier alpha value is 0.279. The number of hydrogen-bond acceptors (Lipinski definition) is 0. The Morgan fingerprint density at radius 2 is 1.93 bits per heavy atom. The van der Waals surface area contributed by atoms with Gasteiger partial charge < -0.3 is 0 Å². The molecule has 0 radical (unpaired) electrons. The predicted molar refractivity (Wildman–Crippen MR) is 70.7 cm³/mol. The van der Waals surface area contributed by atoms with Gasteiger partial charge in [-0.2, -0.15) is 0 Å². The van der Waals surface area contributed by atoms with Crippen LogP contribution in [0.1, 0.15) is 39.0 Å².